The Kier molecular flexibility index (Phi) is 5.39. The van der Waals surface area contributed by atoms with Crippen LogP contribution in [0.25, 0.3) is 0 Å². The van der Waals surface area contributed by atoms with Crippen LogP contribution >= 0.6 is 0 Å². The molecule has 1 rings (SSSR count). The van der Waals surface area contributed by atoms with E-state index in [1.54, 1.807) is 7.11 Å². The molecular weight excluding hydrogens is 236 g/mol. The van der Waals surface area contributed by atoms with Gasteiger partial charge in [-0.15, -0.1) is 0 Å². The summed E-state index contributed by atoms with van der Waals surface area (Å²) in [5.41, 5.74) is 7.56. The average molecular weight is 264 g/mol. The fraction of sp³-hybridized carbons (Fsp3) is 0.625. The Hall–Kier alpha value is -1.06. The molecule has 2 atom stereocenters. The Labute approximate surface area is 117 Å². The van der Waals surface area contributed by atoms with E-state index in [1.165, 1.54) is 0 Å². The first kappa shape index (κ1) is 16.0. The third-order valence-electron chi connectivity index (χ3n) is 3.87. The summed E-state index contributed by atoms with van der Waals surface area (Å²) in [5, 5.41) is 0. The molecule has 1 aromatic carbocycles. The highest BCUT2D eigenvalue weighted by molar-refractivity contribution is 5.34. The summed E-state index contributed by atoms with van der Waals surface area (Å²) in [4.78, 5) is 2.18. The Bertz CT molecular complexity index is 403. The Morgan fingerprint density at radius 2 is 1.89 bits per heavy atom. The van der Waals surface area contributed by atoms with E-state index in [1.807, 2.05) is 12.1 Å². The van der Waals surface area contributed by atoms with Crippen molar-refractivity contribution >= 4 is 0 Å². The molecule has 0 saturated heterocycles. The lowest BCUT2D eigenvalue weighted by atomic mass is 9.77. The van der Waals surface area contributed by atoms with Crippen LogP contribution in [-0.4, -0.2) is 32.1 Å². The zero-order chi connectivity index (χ0) is 14.6. The van der Waals surface area contributed by atoms with E-state index in [9.17, 15) is 0 Å². The molecule has 0 aromatic heterocycles. The van der Waals surface area contributed by atoms with Crippen molar-refractivity contribution in [1.29, 1.82) is 0 Å². The number of rotatable bonds is 6. The number of likely N-dealkylation sites (N-methyl/N-ethyl adjacent to an activating group) is 1. The lowest BCUT2D eigenvalue weighted by Crippen LogP contribution is -2.53. The second kappa shape index (κ2) is 6.40. The quantitative estimate of drug-likeness (QED) is 0.858. The van der Waals surface area contributed by atoms with Gasteiger partial charge in [0.25, 0.3) is 0 Å². The summed E-state index contributed by atoms with van der Waals surface area (Å²) in [6.07, 6.45) is 0.944. The van der Waals surface area contributed by atoms with Crippen molar-refractivity contribution in [3.05, 3.63) is 29.8 Å². The minimum absolute atomic E-state index is 0.252. The zero-order valence-electron chi connectivity index (χ0n) is 13.1. The molecule has 2 unspecified atom stereocenters. The van der Waals surface area contributed by atoms with Gasteiger partial charge in [0, 0.05) is 6.04 Å². The molecule has 2 N–H and O–H groups in total. The molecule has 3 nitrogen and oxygen atoms in total. The monoisotopic (exact) mass is 264 g/mol. The third kappa shape index (κ3) is 3.71. The summed E-state index contributed by atoms with van der Waals surface area (Å²) < 4.78 is 5.33. The minimum Gasteiger partial charge on any atom is -0.497 e. The van der Waals surface area contributed by atoms with Crippen molar-refractivity contribution in [2.75, 3.05) is 21.2 Å². The normalized spacial score (nSPS) is 16.5. The van der Waals surface area contributed by atoms with E-state index in [2.05, 4.69) is 51.9 Å². The molecule has 1 aromatic rings. The van der Waals surface area contributed by atoms with E-state index < -0.39 is 0 Å². The van der Waals surface area contributed by atoms with Crippen molar-refractivity contribution < 1.29 is 4.74 Å². The van der Waals surface area contributed by atoms with E-state index in [4.69, 9.17) is 10.5 Å². The van der Waals surface area contributed by atoms with Crippen molar-refractivity contribution in [3.63, 3.8) is 0 Å². The number of hydrogen-bond acceptors (Lipinski definition) is 3. The molecule has 0 aliphatic carbocycles. The summed E-state index contributed by atoms with van der Waals surface area (Å²) in [6, 6.07) is 8.38. The van der Waals surface area contributed by atoms with Gasteiger partial charge in [-0.1, -0.05) is 26.0 Å². The molecule has 19 heavy (non-hydrogen) atoms. The maximum absolute atomic E-state index is 6.79. The lowest BCUT2D eigenvalue weighted by molar-refractivity contribution is 0.167. The molecule has 0 aliphatic heterocycles. The van der Waals surface area contributed by atoms with E-state index in [-0.39, 0.29) is 11.6 Å². The van der Waals surface area contributed by atoms with Gasteiger partial charge >= 0.3 is 0 Å². The van der Waals surface area contributed by atoms with Gasteiger partial charge in [0.15, 0.2) is 0 Å². The van der Waals surface area contributed by atoms with Gasteiger partial charge in [-0.2, -0.15) is 0 Å². The predicted octanol–water partition coefficient (Wildman–Crippen LogP) is 2.85. The molecule has 0 spiro atoms. The van der Waals surface area contributed by atoms with E-state index >= 15 is 0 Å². The molecule has 3 heteroatoms. The first-order chi connectivity index (χ1) is 8.81. The summed E-state index contributed by atoms with van der Waals surface area (Å²) in [5.74, 6) is 1.40. The number of nitrogens with two attached hydrogens (primary N) is 1. The van der Waals surface area contributed by atoms with Crippen LogP contribution < -0.4 is 10.5 Å². The van der Waals surface area contributed by atoms with Crippen LogP contribution in [0.2, 0.25) is 0 Å². The fourth-order valence-electron chi connectivity index (χ4n) is 2.58. The van der Waals surface area contributed by atoms with Gasteiger partial charge in [0.1, 0.15) is 5.75 Å². The molecule has 0 bridgehead atoms. The highest BCUT2D eigenvalue weighted by Gasteiger charge is 2.36. The minimum atomic E-state index is -0.369. The molecule has 0 radical (unpaired) electrons. The number of hydrogen-bond donors (Lipinski definition) is 1. The summed E-state index contributed by atoms with van der Waals surface area (Å²) in [6.45, 7) is 6.61. The summed E-state index contributed by atoms with van der Waals surface area (Å²) >= 11 is 0. The van der Waals surface area contributed by atoms with Crippen LogP contribution in [0.1, 0.15) is 32.8 Å². The molecule has 0 saturated carbocycles. The first-order valence-electron chi connectivity index (χ1n) is 6.91. The van der Waals surface area contributed by atoms with Crippen molar-refractivity contribution in [3.8, 4) is 5.75 Å². The highest BCUT2D eigenvalue weighted by Crippen LogP contribution is 2.33. The van der Waals surface area contributed by atoms with Gasteiger partial charge in [0.05, 0.1) is 12.6 Å². The predicted molar refractivity (Wildman–Crippen MR) is 81.5 cm³/mol. The zero-order valence-corrected chi connectivity index (χ0v) is 13.1. The SMILES string of the molecule is COc1cccc(C(N)(CC(C)C)C(C)N(C)C)c1. The highest BCUT2D eigenvalue weighted by atomic mass is 16.5. The number of nitrogens with zero attached hydrogens (tertiary/aromatic N) is 1. The van der Waals surface area contributed by atoms with Crippen LogP contribution in [0.5, 0.6) is 5.75 Å². The second-order valence-corrected chi connectivity index (χ2v) is 6.01. The van der Waals surface area contributed by atoms with Gasteiger partial charge in [-0.3, -0.25) is 0 Å². The van der Waals surface area contributed by atoms with Crippen LogP contribution in [0, 0.1) is 5.92 Å². The molecule has 0 fully saturated rings. The van der Waals surface area contributed by atoms with Gasteiger partial charge in [-0.05, 0) is 51.1 Å². The van der Waals surface area contributed by atoms with E-state index in [0.717, 1.165) is 17.7 Å². The van der Waals surface area contributed by atoms with E-state index in [0.29, 0.717) is 5.92 Å². The Morgan fingerprint density at radius 1 is 1.26 bits per heavy atom. The molecule has 0 amide bonds. The lowest BCUT2D eigenvalue weighted by Gasteiger charge is -2.41. The Balaban J connectivity index is 3.21. The van der Waals surface area contributed by atoms with Crippen LogP contribution in [0.3, 0.4) is 0 Å². The number of methoxy groups -OCH3 is 1. The smallest absolute Gasteiger partial charge is 0.119 e. The van der Waals surface area contributed by atoms with Gasteiger partial charge in [0.2, 0.25) is 0 Å². The summed E-state index contributed by atoms with van der Waals surface area (Å²) in [7, 11) is 5.84. The third-order valence-corrected chi connectivity index (χ3v) is 3.87. The van der Waals surface area contributed by atoms with Crippen LogP contribution in [0.15, 0.2) is 24.3 Å². The maximum Gasteiger partial charge on any atom is 0.119 e. The van der Waals surface area contributed by atoms with Gasteiger partial charge in [-0.25, -0.2) is 0 Å². The Morgan fingerprint density at radius 3 is 2.37 bits per heavy atom. The maximum atomic E-state index is 6.79. The molecular formula is C16H28N2O. The van der Waals surface area contributed by atoms with Crippen LogP contribution in [0.4, 0.5) is 0 Å². The number of ether oxygens (including phenoxy) is 1. The standard InChI is InChI=1S/C16H28N2O/c1-12(2)11-16(17,13(3)18(4)5)14-8-7-9-15(10-14)19-6/h7-10,12-13H,11,17H2,1-6H3. The first-order valence-corrected chi connectivity index (χ1v) is 6.91. The molecule has 108 valence electrons. The van der Waals surface area contributed by atoms with Crippen molar-refractivity contribution in [2.24, 2.45) is 11.7 Å². The topological polar surface area (TPSA) is 38.5 Å². The van der Waals surface area contributed by atoms with Crippen LogP contribution in [-0.2, 0) is 5.54 Å². The average Bonchev–Trinajstić information content (AvgIpc) is 2.36. The fourth-order valence-corrected chi connectivity index (χ4v) is 2.58. The van der Waals surface area contributed by atoms with Crippen molar-refractivity contribution in [2.45, 2.75) is 38.8 Å². The van der Waals surface area contributed by atoms with Crippen molar-refractivity contribution in [1.82, 2.24) is 4.90 Å². The second-order valence-electron chi connectivity index (χ2n) is 6.01. The largest absolute Gasteiger partial charge is 0.497 e. The number of benzene rings is 1. The molecule has 0 heterocycles. The van der Waals surface area contributed by atoms with Gasteiger partial charge < -0.3 is 15.4 Å². The molecule has 0 aliphatic rings.